The van der Waals surface area contributed by atoms with E-state index < -0.39 is 0 Å². The van der Waals surface area contributed by atoms with Crippen LogP contribution in [0.1, 0.15) is 48.5 Å². The number of carbonyl (C=O) groups excluding carboxylic acids is 2. The fraction of sp³-hybridized carbons (Fsp3) is 0.355. The third-order valence-electron chi connectivity index (χ3n) is 7.19. The van der Waals surface area contributed by atoms with Crippen LogP contribution in [-0.2, 0) is 0 Å². The highest BCUT2D eigenvalue weighted by molar-refractivity contribution is 6.04. The average Bonchev–Trinajstić information content (AvgIpc) is 2.93. The van der Waals surface area contributed by atoms with Crippen molar-refractivity contribution in [2.45, 2.75) is 38.6 Å². The predicted octanol–water partition coefficient (Wildman–Crippen LogP) is 6.30. The van der Waals surface area contributed by atoms with Crippen LogP contribution < -0.4 is 15.4 Å². The lowest BCUT2D eigenvalue weighted by Gasteiger charge is -2.35. The number of hydrogen-bond acceptors (Lipinski definition) is 4. The second kappa shape index (κ2) is 12.1. The quantitative estimate of drug-likeness (QED) is 0.388. The molecule has 0 bridgehead atoms. The summed E-state index contributed by atoms with van der Waals surface area (Å²) in [7, 11) is 5.10. The van der Waals surface area contributed by atoms with E-state index in [-0.39, 0.29) is 11.9 Å². The average molecular weight is 515 g/mol. The van der Waals surface area contributed by atoms with Crippen LogP contribution in [0.5, 0.6) is 5.75 Å². The summed E-state index contributed by atoms with van der Waals surface area (Å²) in [5.74, 6) is 1.13. The Morgan fingerprint density at radius 1 is 0.895 bits per heavy atom. The number of piperidine rings is 1. The van der Waals surface area contributed by atoms with Gasteiger partial charge in [-0.3, -0.25) is 4.79 Å². The second-order valence-electron chi connectivity index (χ2n) is 10.3. The van der Waals surface area contributed by atoms with Gasteiger partial charge in [0.25, 0.3) is 5.91 Å². The van der Waals surface area contributed by atoms with Gasteiger partial charge in [-0.1, -0.05) is 24.3 Å². The van der Waals surface area contributed by atoms with Gasteiger partial charge in [0.2, 0.25) is 0 Å². The molecule has 0 unspecified atom stereocenters. The van der Waals surface area contributed by atoms with Crippen molar-refractivity contribution in [3.8, 4) is 16.9 Å². The summed E-state index contributed by atoms with van der Waals surface area (Å²) < 4.78 is 5.66. The highest BCUT2D eigenvalue weighted by Crippen LogP contribution is 2.36. The molecule has 0 spiro atoms. The molecular formula is C31H38N4O3. The molecule has 1 heterocycles. The molecule has 0 radical (unpaired) electrons. The molecule has 0 aliphatic carbocycles. The Labute approximate surface area is 225 Å². The Balaban J connectivity index is 1.45. The van der Waals surface area contributed by atoms with Gasteiger partial charge in [-0.05, 0) is 105 Å². The van der Waals surface area contributed by atoms with Crippen molar-refractivity contribution in [3.05, 3.63) is 77.9 Å². The summed E-state index contributed by atoms with van der Waals surface area (Å²) in [6.07, 6.45) is 2.15. The molecule has 3 amide bonds. The first-order valence-corrected chi connectivity index (χ1v) is 13.2. The third-order valence-corrected chi connectivity index (χ3v) is 7.19. The van der Waals surface area contributed by atoms with Gasteiger partial charge in [-0.15, -0.1) is 0 Å². The zero-order chi connectivity index (χ0) is 27.2. The van der Waals surface area contributed by atoms with E-state index in [0.29, 0.717) is 23.2 Å². The fourth-order valence-electron chi connectivity index (χ4n) is 4.89. The first-order valence-electron chi connectivity index (χ1n) is 13.2. The van der Waals surface area contributed by atoms with Crippen LogP contribution in [0.4, 0.5) is 16.2 Å². The molecule has 1 fully saturated rings. The number of hydrogen-bond donors (Lipinski definition) is 2. The van der Waals surface area contributed by atoms with Gasteiger partial charge in [0.05, 0.1) is 7.11 Å². The van der Waals surface area contributed by atoms with E-state index in [1.807, 2.05) is 60.7 Å². The zero-order valence-electron chi connectivity index (χ0n) is 23.0. The van der Waals surface area contributed by atoms with Crippen molar-refractivity contribution in [1.29, 1.82) is 0 Å². The molecule has 3 aromatic carbocycles. The number of carbonyl (C=O) groups is 2. The SMILES string of the molecule is COc1ccc(NC(=O)c2ccc(-c3cccc(NC(=O)N(C)C)c3)cc2)cc1C1CCN(C(C)C)CC1. The van der Waals surface area contributed by atoms with Crippen molar-refractivity contribution < 1.29 is 14.3 Å². The number of anilines is 2. The molecule has 4 rings (SSSR count). The van der Waals surface area contributed by atoms with Gasteiger partial charge in [0.15, 0.2) is 0 Å². The summed E-state index contributed by atoms with van der Waals surface area (Å²) in [5.41, 5.74) is 5.14. The topological polar surface area (TPSA) is 73.9 Å². The lowest BCUT2D eigenvalue weighted by Crippen LogP contribution is -2.37. The Hall–Kier alpha value is -3.84. The Bertz CT molecular complexity index is 1260. The number of likely N-dealkylation sites (tertiary alicyclic amines) is 1. The summed E-state index contributed by atoms with van der Waals surface area (Å²) in [6, 6.07) is 21.4. The van der Waals surface area contributed by atoms with Gasteiger partial charge < -0.3 is 25.2 Å². The standard InChI is InChI=1S/C31H38N4O3/c1-21(2)35-17-15-23(16-18-35)28-20-27(13-14-29(28)38-5)32-30(36)24-11-9-22(10-12-24)25-7-6-8-26(19-25)33-31(37)34(3)4/h6-14,19-21,23H,15-18H2,1-5H3,(H,32,36)(H,33,37). The molecule has 1 saturated heterocycles. The molecule has 38 heavy (non-hydrogen) atoms. The first-order chi connectivity index (χ1) is 18.2. The number of amides is 3. The van der Waals surface area contributed by atoms with E-state index in [0.717, 1.165) is 54.1 Å². The molecule has 0 atom stereocenters. The molecule has 0 aromatic heterocycles. The number of benzene rings is 3. The molecule has 1 aliphatic rings. The van der Waals surface area contributed by atoms with E-state index in [1.165, 1.54) is 4.90 Å². The van der Waals surface area contributed by atoms with Crippen LogP contribution in [0, 0.1) is 0 Å². The number of nitrogens with zero attached hydrogens (tertiary/aromatic N) is 2. The van der Waals surface area contributed by atoms with Crippen LogP contribution in [0.15, 0.2) is 66.7 Å². The van der Waals surface area contributed by atoms with E-state index in [2.05, 4.69) is 35.4 Å². The highest BCUT2D eigenvalue weighted by atomic mass is 16.5. The van der Waals surface area contributed by atoms with Crippen molar-refractivity contribution in [2.24, 2.45) is 0 Å². The van der Waals surface area contributed by atoms with Crippen molar-refractivity contribution in [2.75, 3.05) is 44.9 Å². The van der Waals surface area contributed by atoms with Gasteiger partial charge in [-0.25, -0.2) is 4.79 Å². The van der Waals surface area contributed by atoms with Crippen molar-refractivity contribution in [1.82, 2.24) is 9.80 Å². The van der Waals surface area contributed by atoms with E-state index in [9.17, 15) is 9.59 Å². The second-order valence-corrected chi connectivity index (χ2v) is 10.3. The zero-order valence-corrected chi connectivity index (χ0v) is 23.0. The van der Waals surface area contributed by atoms with E-state index >= 15 is 0 Å². The normalized spacial score (nSPS) is 14.3. The summed E-state index contributed by atoms with van der Waals surface area (Å²) in [4.78, 5) is 29.0. The van der Waals surface area contributed by atoms with Crippen LogP contribution in [-0.4, -0.2) is 62.1 Å². The first kappa shape index (κ1) is 27.2. The Morgan fingerprint density at radius 2 is 1.58 bits per heavy atom. The van der Waals surface area contributed by atoms with Gasteiger partial charge in [0, 0.05) is 37.1 Å². The number of ether oxygens (including phenoxy) is 1. The van der Waals surface area contributed by atoms with E-state index in [4.69, 9.17) is 4.74 Å². The molecule has 7 nitrogen and oxygen atoms in total. The van der Waals surface area contributed by atoms with Crippen LogP contribution in [0.25, 0.3) is 11.1 Å². The minimum Gasteiger partial charge on any atom is -0.496 e. The number of urea groups is 1. The fourth-order valence-corrected chi connectivity index (χ4v) is 4.89. The Morgan fingerprint density at radius 3 is 2.21 bits per heavy atom. The molecule has 200 valence electrons. The monoisotopic (exact) mass is 514 g/mol. The minimum atomic E-state index is -0.183. The number of rotatable bonds is 7. The highest BCUT2D eigenvalue weighted by Gasteiger charge is 2.24. The van der Waals surface area contributed by atoms with Crippen molar-refractivity contribution in [3.63, 3.8) is 0 Å². The van der Waals surface area contributed by atoms with Crippen LogP contribution in [0.2, 0.25) is 0 Å². The summed E-state index contributed by atoms with van der Waals surface area (Å²) >= 11 is 0. The summed E-state index contributed by atoms with van der Waals surface area (Å²) in [6.45, 7) is 6.62. The molecule has 1 aliphatic heterocycles. The van der Waals surface area contributed by atoms with E-state index in [1.54, 1.807) is 21.2 Å². The predicted molar refractivity (Wildman–Crippen MR) is 154 cm³/mol. The van der Waals surface area contributed by atoms with Gasteiger partial charge in [0.1, 0.15) is 5.75 Å². The van der Waals surface area contributed by atoms with Crippen LogP contribution in [0.3, 0.4) is 0 Å². The Kier molecular flexibility index (Phi) is 8.69. The third kappa shape index (κ3) is 6.53. The molecule has 2 N–H and O–H groups in total. The van der Waals surface area contributed by atoms with Crippen LogP contribution >= 0.6 is 0 Å². The van der Waals surface area contributed by atoms with Gasteiger partial charge >= 0.3 is 6.03 Å². The summed E-state index contributed by atoms with van der Waals surface area (Å²) in [5, 5.41) is 5.92. The molecular weight excluding hydrogens is 476 g/mol. The maximum Gasteiger partial charge on any atom is 0.321 e. The molecule has 0 saturated carbocycles. The van der Waals surface area contributed by atoms with Gasteiger partial charge in [-0.2, -0.15) is 0 Å². The molecule has 3 aromatic rings. The van der Waals surface area contributed by atoms with Crippen molar-refractivity contribution >= 4 is 23.3 Å². The maximum atomic E-state index is 13.1. The molecule has 7 heteroatoms. The lowest BCUT2D eigenvalue weighted by molar-refractivity contribution is 0.102. The maximum absolute atomic E-state index is 13.1. The number of methoxy groups -OCH3 is 1. The minimum absolute atomic E-state index is 0.158. The number of nitrogens with one attached hydrogen (secondary N) is 2. The lowest BCUT2D eigenvalue weighted by atomic mass is 9.88. The smallest absolute Gasteiger partial charge is 0.321 e. The largest absolute Gasteiger partial charge is 0.496 e.